The highest BCUT2D eigenvalue weighted by Gasteiger charge is 2.27. The van der Waals surface area contributed by atoms with Crippen LogP contribution in [0.2, 0.25) is 0 Å². The second kappa shape index (κ2) is 6.55. The molecule has 0 aliphatic rings. The van der Waals surface area contributed by atoms with Crippen LogP contribution in [0.3, 0.4) is 0 Å². The minimum Gasteiger partial charge on any atom is -0.311 e. The maximum absolute atomic E-state index is 3.88. The van der Waals surface area contributed by atoms with Crippen molar-refractivity contribution in [3.05, 3.63) is 12.7 Å². The minimum atomic E-state index is 0.186. The lowest BCUT2D eigenvalue weighted by Crippen LogP contribution is -2.53. The Kier molecular flexibility index (Phi) is 6.42. The van der Waals surface area contributed by atoms with Crippen molar-refractivity contribution in [3.63, 3.8) is 0 Å². The van der Waals surface area contributed by atoms with Gasteiger partial charge in [0.2, 0.25) is 0 Å². The van der Waals surface area contributed by atoms with E-state index in [1.807, 2.05) is 6.08 Å². The summed E-state index contributed by atoms with van der Waals surface area (Å²) in [4.78, 5) is 2.53. The van der Waals surface area contributed by atoms with Gasteiger partial charge in [-0.25, -0.2) is 0 Å². The molecule has 0 saturated carbocycles. The van der Waals surface area contributed by atoms with Crippen LogP contribution < -0.4 is 5.32 Å². The molecular weight excluding hydrogens is 208 g/mol. The molecule has 0 spiro atoms. The van der Waals surface area contributed by atoms with Crippen LogP contribution in [0.4, 0.5) is 0 Å². The van der Waals surface area contributed by atoms with E-state index in [4.69, 9.17) is 0 Å². The molecule has 0 fully saturated rings. The molecule has 0 amide bonds. The second-order valence-corrected chi connectivity index (χ2v) is 6.80. The molecule has 1 unspecified atom stereocenters. The number of rotatable bonds is 6. The van der Waals surface area contributed by atoms with Crippen LogP contribution in [0.5, 0.6) is 0 Å². The topological polar surface area (TPSA) is 15.3 Å². The van der Waals surface area contributed by atoms with E-state index in [2.05, 4.69) is 65.3 Å². The summed E-state index contributed by atoms with van der Waals surface area (Å²) in [7, 11) is 0. The predicted molar refractivity (Wildman–Crippen MR) is 78.5 cm³/mol. The van der Waals surface area contributed by atoms with Crippen LogP contribution >= 0.6 is 0 Å². The standard InChI is InChI=1S/C15H32N2/c1-9-11-17(15(6,7)8)13(10-2)12-16-14(3,4)5/h9,13,16H,1,10-12H2,2-8H3. The SMILES string of the molecule is C=CCN(C(CC)CNC(C)(C)C)C(C)(C)C. The van der Waals surface area contributed by atoms with Crippen molar-refractivity contribution in [1.29, 1.82) is 0 Å². The first-order valence-electron chi connectivity index (χ1n) is 6.74. The van der Waals surface area contributed by atoms with Gasteiger partial charge in [-0.2, -0.15) is 0 Å². The molecule has 1 atom stereocenters. The smallest absolute Gasteiger partial charge is 0.0226 e. The Labute approximate surface area is 108 Å². The first kappa shape index (κ1) is 16.7. The van der Waals surface area contributed by atoms with Crippen molar-refractivity contribution < 1.29 is 0 Å². The van der Waals surface area contributed by atoms with E-state index >= 15 is 0 Å². The van der Waals surface area contributed by atoms with Gasteiger partial charge < -0.3 is 5.32 Å². The number of nitrogens with one attached hydrogen (secondary N) is 1. The molecule has 0 aromatic rings. The van der Waals surface area contributed by atoms with Crippen molar-refractivity contribution in [2.24, 2.45) is 0 Å². The Morgan fingerprint density at radius 3 is 2.00 bits per heavy atom. The fourth-order valence-electron chi connectivity index (χ4n) is 2.01. The van der Waals surface area contributed by atoms with Crippen molar-refractivity contribution in [1.82, 2.24) is 10.2 Å². The predicted octanol–water partition coefficient (Wildman–Crippen LogP) is 3.44. The zero-order valence-electron chi connectivity index (χ0n) is 12.9. The van der Waals surface area contributed by atoms with Crippen molar-refractivity contribution in [2.75, 3.05) is 13.1 Å². The van der Waals surface area contributed by atoms with Crippen molar-refractivity contribution >= 4 is 0 Å². The summed E-state index contributed by atoms with van der Waals surface area (Å²) in [6.45, 7) is 21.6. The Morgan fingerprint density at radius 2 is 1.71 bits per heavy atom. The van der Waals surface area contributed by atoms with Crippen LogP contribution in [0, 0.1) is 0 Å². The second-order valence-electron chi connectivity index (χ2n) is 6.80. The van der Waals surface area contributed by atoms with Gasteiger partial charge in [-0.15, -0.1) is 6.58 Å². The van der Waals surface area contributed by atoms with Gasteiger partial charge >= 0.3 is 0 Å². The van der Waals surface area contributed by atoms with Crippen molar-refractivity contribution in [3.8, 4) is 0 Å². The molecule has 0 rings (SSSR count). The van der Waals surface area contributed by atoms with Crippen molar-refractivity contribution in [2.45, 2.75) is 72.0 Å². The molecule has 17 heavy (non-hydrogen) atoms. The first-order valence-corrected chi connectivity index (χ1v) is 6.74. The summed E-state index contributed by atoms with van der Waals surface area (Å²) in [6.07, 6.45) is 3.17. The highest BCUT2D eigenvalue weighted by atomic mass is 15.2. The maximum atomic E-state index is 3.88. The van der Waals surface area contributed by atoms with E-state index in [0.717, 1.165) is 19.5 Å². The zero-order valence-corrected chi connectivity index (χ0v) is 12.9. The molecule has 0 saturated heterocycles. The third kappa shape index (κ3) is 6.85. The maximum Gasteiger partial charge on any atom is 0.0226 e. The van der Waals surface area contributed by atoms with E-state index in [0.29, 0.717) is 6.04 Å². The molecule has 102 valence electrons. The first-order chi connectivity index (χ1) is 7.61. The summed E-state index contributed by atoms with van der Waals surface area (Å²) in [5, 5.41) is 3.61. The van der Waals surface area contributed by atoms with Gasteiger partial charge in [0, 0.05) is 30.2 Å². The molecule has 0 aromatic heterocycles. The van der Waals surface area contributed by atoms with Crippen LogP contribution in [-0.2, 0) is 0 Å². The van der Waals surface area contributed by atoms with E-state index in [9.17, 15) is 0 Å². The van der Waals surface area contributed by atoms with Gasteiger partial charge in [-0.1, -0.05) is 13.0 Å². The third-order valence-electron chi connectivity index (χ3n) is 2.97. The van der Waals surface area contributed by atoms with Gasteiger partial charge in [0.05, 0.1) is 0 Å². The fourth-order valence-corrected chi connectivity index (χ4v) is 2.01. The number of nitrogens with zero attached hydrogens (tertiary/aromatic N) is 1. The third-order valence-corrected chi connectivity index (χ3v) is 2.97. The van der Waals surface area contributed by atoms with Crippen LogP contribution in [0.25, 0.3) is 0 Å². The quantitative estimate of drug-likeness (QED) is 0.716. The van der Waals surface area contributed by atoms with Gasteiger partial charge in [0.15, 0.2) is 0 Å². The lowest BCUT2D eigenvalue weighted by atomic mass is 10.00. The molecular formula is C15H32N2. The highest BCUT2D eigenvalue weighted by Crippen LogP contribution is 2.19. The van der Waals surface area contributed by atoms with Gasteiger partial charge in [0.25, 0.3) is 0 Å². The van der Waals surface area contributed by atoms with E-state index in [1.54, 1.807) is 0 Å². The van der Waals surface area contributed by atoms with Gasteiger partial charge in [0.1, 0.15) is 0 Å². The van der Waals surface area contributed by atoms with Crippen LogP contribution in [0.15, 0.2) is 12.7 Å². The Hall–Kier alpha value is -0.340. The Morgan fingerprint density at radius 1 is 1.18 bits per heavy atom. The van der Waals surface area contributed by atoms with Gasteiger partial charge in [-0.3, -0.25) is 4.90 Å². The Bertz CT molecular complexity index is 220. The normalized spacial score (nSPS) is 15.1. The molecule has 2 heteroatoms. The molecule has 0 radical (unpaired) electrons. The zero-order chi connectivity index (χ0) is 13.7. The summed E-state index contributed by atoms with van der Waals surface area (Å²) in [5.41, 5.74) is 0.375. The lowest BCUT2D eigenvalue weighted by molar-refractivity contribution is 0.0888. The average Bonchev–Trinajstić information content (AvgIpc) is 2.13. The Balaban J connectivity index is 4.62. The summed E-state index contributed by atoms with van der Waals surface area (Å²) in [6, 6.07) is 0.562. The van der Waals surface area contributed by atoms with Crippen LogP contribution in [0.1, 0.15) is 54.9 Å². The molecule has 0 aromatic carbocycles. The molecule has 2 nitrogen and oxygen atoms in total. The monoisotopic (exact) mass is 240 g/mol. The number of hydrogen-bond acceptors (Lipinski definition) is 2. The largest absolute Gasteiger partial charge is 0.311 e. The summed E-state index contributed by atoms with van der Waals surface area (Å²) < 4.78 is 0. The number of hydrogen-bond donors (Lipinski definition) is 1. The molecule has 0 bridgehead atoms. The summed E-state index contributed by atoms with van der Waals surface area (Å²) >= 11 is 0. The minimum absolute atomic E-state index is 0.186. The van der Waals surface area contributed by atoms with E-state index in [-0.39, 0.29) is 11.1 Å². The van der Waals surface area contributed by atoms with E-state index < -0.39 is 0 Å². The van der Waals surface area contributed by atoms with E-state index in [1.165, 1.54) is 0 Å². The fraction of sp³-hybridized carbons (Fsp3) is 0.867. The molecule has 0 heterocycles. The molecule has 1 N–H and O–H groups in total. The molecule has 0 aliphatic carbocycles. The van der Waals surface area contributed by atoms with Crippen LogP contribution in [-0.4, -0.2) is 35.1 Å². The lowest BCUT2D eigenvalue weighted by Gasteiger charge is -2.42. The highest BCUT2D eigenvalue weighted by molar-refractivity contribution is 4.89. The average molecular weight is 240 g/mol. The summed E-state index contributed by atoms with van der Waals surface area (Å²) in [5.74, 6) is 0. The molecule has 0 aliphatic heterocycles. The van der Waals surface area contributed by atoms with Gasteiger partial charge in [-0.05, 0) is 48.0 Å².